The molecule has 0 radical (unpaired) electrons. The topological polar surface area (TPSA) is 30.0 Å². The first-order valence-corrected chi connectivity index (χ1v) is 7.91. The third-order valence-electron chi connectivity index (χ3n) is 2.92. The van der Waals surface area contributed by atoms with Crippen molar-refractivity contribution >= 4 is 37.6 Å². The standard InChI is InChI=1S/C15H13Br2NO/c1-2-10-3-5-11(6-4-10)15(19)13-9-18-12(8-16)7-14(13)17/h3-7,9H,2,8H2,1H3. The van der Waals surface area contributed by atoms with Crippen LogP contribution in [0, 0.1) is 0 Å². The Balaban J connectivity index is 2.32. The van der Waals surface area contributed by atoms with Crippen LogP contribution in [-0.4, -0.2) is 10.8 Å². The first-order chi connectivity index (χ1) is 9.15. The predicted octanol–water partition coefficient (Wildman–Crippen LogP) is 4.53. The molecule has 0 spiro atoms. The van der Waals surface area contributed by atoms with E-state index in [1.807, 2.05) is 30.3 Å². The van der Waals surface area contributed by atoms with Gasteiger partial charge in [0.05, 0.1) is 11.3 Å². The molecule has 2 nitrogen and oxygen atoms in total. The molecular weight excluding hydrogens is 370 g/mol. The highest BCUT2D eigenvalue weighted by Gasteiger charge is 2.13. The SMILES string of the molecule is CCc1ccc(C(=O)c2cnc(CBr)cc2Br)cc1. The molecule has 2 rings (SSSR count). The van der Waals surface area contributed by atoms with Crippen LogP contribution in [0.25, 0.3) is 0 Å². The van der Waals surface area contributed by atoms with Crippen molar-refractivity contribution in [1.82, 2.24) is 4.98 Å². The molecule has 1 aromatic heterocycles. The van der Waals surface area contributed by atoms with Crippen LogP contribution in [0.3, 0.4) is 0 Å². The third-order valence-corrected chi connectivity index (χ3v) is 4.15. The smallest absolute Gasteiger partial charge is 0.195 e. The van der Waals surface area contributed by atoms with Gasteiger partial charge in [-0.25, -0.2) is 0 Å². The number of pyridine rings is 1. The minimum Gasteiger partial charge on any atom is -0.289 e. The van der Waals surface area contributed by atoms with Crippen LogP contribution >= 0.6 is 31.9 Å². The summed E-state index contributed by atoms with van der Waals surface area (Å²) in [6.07, 6.45) is 2.59. The molecule has 0 saturated heterocycles. The summed E-state index contributed by atoms with van der Waals surface area (Å²) >= 11 is 6.78. The largest absolute Gasteiger partial charge is 0.289 e. The Morgan fingerprint density at radius 2 is 1.95 bits per heavy atom. The van der Waals surface area contributed by atoms with E-state index >= 15 is 0 Å². The first kappa shape index (κ1) is 14.4. The van der Waals surface area contributed by atoms with Gasteiger partial charge in [0.2, 0.25) is 0 Å². The van der Waals surface area contributed by atoms with Crippen molar-refractivity contribution < 1.29 is 4.79 Å². The van der Waals surface area contributed by atoms with Gasteiger partial charge in [0.1, 0.15) is 0 Å². The van der Waals surface area contributed by atoms with Crippen molar-refractivity contribution in [3.8, 4) is 0 Å². The number of rotatable bonds is 4. The number of alkyl halides is 1. The maximum Gasteiger partial charge on any atom is 0.195 e. The van der Waals surface area contributed by atoms with Crippen LogP contribution in [0.5, 0.6) is 0 Å². The lowest BCUT2D eigenvalue weighted by Gasteiger charge is -2.05. The molecular formula is C15H13Br2NO. The quantitative estimate of drug-likeness (QED) is 0.574. The molecule has 19 heavy (non-hydrogen) atoms. The second-order valence-corrected chi connectivity index (χ2v) is 5.58. The Labute approximate surface area is 129 Å². The van der Waals surface area contributed by atoms with Gasteiger partial charge in [-0.1, -0.05) is 47.1 Å². The van der Waals surface area contributed by atoms with E-state index in [0.717, 1.165) is 16.6 Å². The Kier molecular flexibility index (Phi) is 4.88. The first-order valence-electron chi connectivity index (χ1n) is 5.99. The average Bonchev–Trinajstić information content (AvgIpc) is 2.46. The number of carbonyl (C=O) groups is 1. The monoisotopic (exact) mass is 381 g/mol. The van der Waals surface area contributed by atoms with Gasteiger partial charge in [-0.05, 0) is 34.0 Å². The summed E-state index contributed by atoms with van der Waals surface area (Å²) in [5.74, 6) is -0.0110. The van der Waals surface area contributed by atoms with E-state index in [9.17, 15) is 4.79 Å². The Bertz CT molecular complexity index is 594. The summed E-state index contributed by atoms with van der Waals surface area (Å²) in [7, 11) is 0. The highest BCUT2D eigenvalue weighted by atomic mass is 79.9. The number of aromatic nitrogens is 1. The fourth-order valence-corrected chi connectivity index (χ4v) is 2.61. The maximum absolute atomic E-state index is 12.4. The number of nitrogens with zero attached hydrogens (tertiary/aromatic N) is 1. The van der Waals surface area contributed by atoms with E-state index in [1.54, 1.807) is 6.20 Å². The molecule has 2 aromatic rings. The molecule has 1 heterocycles. The van der Waals surface area contributed by atoms with Gasteiger partial charge in [-0.15, -0.1) is 0 Å². The average molecular weight is 383 g/mol. The molecule has 4 heteroatoms. The lowest BCUT2D eigenvalue weighted by atomic mass is 10.0. The van der Waals surface area contributed by atoms with Crippen molar-refractivity contribution in [2.45, 2.75) is 18.7 Å². The summed E-state index contributed by atoms with van der Waals surface area (Å²) < 4.78 is 0.779. The summed E-state index contributed by atoms with van der Waals surface area (Å²) in [4.78, 5) is 16.6. The molecule has 1 aromatic carbocycles. The van der Waals surface area contributed by atoms with Gasteiger partial charge in [0, 0.05) is 21.6 Å². The van der Waals surface area contributed by atoms with Gasteiger partial charge in [0.15, 0.2) is 5.78 Å². The van der Waals surface area contributed by atoms with Gasteiger partial charge < -0.3 is 0 Å². The zero-order valence-corrected chi connectivity index (χ0v) is 13.7. The van der Waals surface area contributed by atoms with E-state index in [4.69, 9.17) is 0 Å². The zero-order valence-electron chi connectivity index (χ0n) is 10.5. The Hall–Kier alpha value is -1.000. The lowest BCUT2D eigenvalue weighted by molar-refractivity contribution is 0.103. The molecule has 0 fully saturated rings. The summed E-state index contributed by atoms with van der Waals surface area (Å²) in [6.45, 7) is 2.09. The summed E-state index contributed by atoms with van der Waals surface area (Å²) in [5, 5.41) is 0.672. The third kappa shape index (κ3) is 3.31. The molecule has 98 valence electrons. The number of hydrogen-bond donors (Lipinski definition) is 0. The normalized spacial score (nSPS) is 10.5. The van der Waals surface area contributed by atoms with Crippen molar-refractivity contribution in [2.75, 3.05) is 0 Å². The van der Waals surface area contributed by atoms with Gasteiger partial charge >= 0.3 is 0 Å². The maximum atomic E-state index is 12.4. The molecule has 0 aliphatic carbocycles. The van der Waals surface area contributed by atoms with Crippen LogP contribution in [-0.2, 0) is 11.8 Å². The zero-order chi connectivity index (χ0) is 13.8. The number of hydrogen-bond acceptors (Lipinski definition) is 2. The molecule has 0 amide bonds. The molecule has 0 bridgehead atoms. The second-order valence-electron chi connectivity index (χ2n) is 4.17. The Morgan fingerprint density at radius 1 is 1.26 bits per heavy atom. The van der Waals surface area contributed by atoms with Crippen LogP contribution in [0.15, 0.2) is 41.0 Å². The highest BCUT2D eigenvalue weighted by Crippen LogP contribution is 2.21. The van der Waals surface area contributed by atoms with E-state index in [0.29, 0.717) is 16.5 Å². The fourth-order valence-electron chi connectivity index (χ4n) is 1.76. The van der Waals surface area contributed by atoms with Crippen molar-refractivity contribution in [1.29, 1.82) is 0 Å². The number of carbonyl (C=O) groups excluding carboxylic acids is 1. The minimum absolute atomic E-state index is 0.0110. The van der Waals surface area contributed by atoms with Crippen molar-refractivity contribution in [2.24, 2.45) is 0 Å². The van der Waals surface area contributed by atoms with Crippen LogP contribution in [0.2, 0.25) is 0 Å². The minimum atomic E-state index is -0.0110. The van der Waals surface area contributed by atoms with E-state index in [-0.39, 0.29) is 5.78 Å². The van der Waals surface area contributed by atoms with Crippen LogP contribution < -0.4 is 0 Å². The second kappa shape index (κ2) is 6.44. The molecule has 0 aliphatic heterocycles. The Morgan fingerprint density at radius 3 is 2.47 bits per heavy atom. The molecule has 0 unspecified atom stereocenters. The summed E-state index contributed by atoms with van der Waals surface area (Å²) in [6, 6.07) is 9.57. The highest BCUT2D eigenvalue weighted by molar-refractivity contribution is 9.10. The van der Waals surface area contributed by atoms with Gasteiger partial charge in [-0.2, -0.15) is 0 Å². The number of halogens is 2. The van der Waals surface area contributed by atoms with Crippen LogP contribution in [0.4, 0.5) is 0 Å². The van der Waals surface area contributed by atoms with E-state index < -0.39 is 0 Å². The molecule has 0 aliphatic rings. The van der Waals surface area contributed by atoms with Crippen molar-refractivity contribution in [3.63, 3.8) is 0 Å². The predicted molar refractivity (Wildman–Crippen MR) is 83.8 cm³/mol. The van der Waals surface area contributed by atoms with E-state index in [1.165, 1.54) is 5.56 Å². The molecule has 0 N–H and O–H groups in total. The summed E-state index contributed by atoms with van der Waals surface area (Å²) in [5.41, 5.74) is 3.40. The number of ketones is 1. The van der Waals surface area contributed by atoms with E-state index in [2.05, 4.69) is 43.8 Å². The van der Waals surface area contributed by atoms with Crippen LogP contribution in [0.1, 0.15) is 34.1 Å². The number of aryl methyl sites for hydroxylation is 1. The molecule has 0 atom stereocenters. The van der Waals surface area contributed by atoms with Crippen molar-refractivity contribution in [3.05, 3.63) is 63.4 Å². The molecule has 0 saturated carbocycles. The fraction of sp³-hybridized carbons (Fsp3) is 0.200. The van der Waals surface area contributed by atoms with Gasteiger partial charge in [0.25, 0.3) is 0 Å². The number of benzene rings is 1. The lowest BCUT2D eigenvalue weighted by Crippen LogP contribution is -2.04. The van der Waals surface area contributed by atoms with Gasteiger partial charge in [-0.3, -0.25) is 9.78 Å².